The SMILES string of the molecule is COc1ccc([N+](=O)[O-])c(NC(C)CCCC(=O)O)n1. The number of carboxylic acids is 1. The minimum atomic E-state index is -0.859. The summed E-state index contributed by atoms with van der Waals surface area (Å²) in [6.45, 7) is 1.81. The van der Waals surface area contributed by atoms with E-state index in [2.05, 4.69) is 10.3 Å². The van der Waals surface area contributed by atoms with Crippen LogP contribution in [-0.2, 0) is 4.79 Å². The lowest BCUT2D eigenvalue weighted by Gasteiger charge is -2.14. The molecule has 1 rings (SSSR count). The number of hydrogen-bond acceptors (Lipinski definition) is 6. The maximum Gasteiger partial charge on any atom is 0.311 e. The van der Waals surface area contributed by atoms with Crippen molar-refractivity contribution in [3.8, 4) is 5.88 Å². The maximum absolute atomic E-state index is 10.9. The molecular weight excluding hydrogens is 266 g/mol. The number of methoxy groups -OCH3 is 1. The zero-order chi connectivity index (χ0) is 15.1. The number of ether oxygens (including phenoxy) is 1. The molecule has 20 heavy (non-hydrogen) atoms. The van der Waals surface area contributed by atoms with Gasteiger partial charge in [0.25, 0.3) is 0 Å². The number of nitrogens with zero attached hydrogens (tertiary/aromatic N) is 2. The number of nitro groups is 1. The van der Waals surface area contributed by atoms with Crippen LogP contribution in [0.25, 0.3) is 0 Å². The Balaban J connectivity index is 2.73. The summed E-state index contributed by atoms with van der Waals surface area (Å²) in [4.78, 5) is 24.8. The van der Waals surface area contributed by atoms with Crippen molar-refractivity contribution < 1.29 is 19.6 Å². The second-order valence-corrected chi connectivity index (χ2v) is 4.31. The molecule has 0 bridgehead atoms. The summed E-state index contributed by atoms with van der Waals surface area (Å²) in [7, 11) is 1.42. The molecule has 0 fully saturated rings. The largest absolute Gasteiger partial charge is 0.481 e. The fourth-order valence-electron chi connectivity index (χ4n) is 1.67. The molecule has 8 nitrogen and oxygen atoms in total. The smallest absolute Gasteiger partial charge is 0.311 e. The quantitative estimate of drug-likeness (QED) is 0.554. The summed E-state index contributed by atoms with van der Waals surface area (Å²) in [5.74, 6) is -0.462. The number of anilines is 1. The monoisotopic (exact) mass is 283 g/mol. The van der Waals surface area contributed by atoms with E-state index >= 15 is 0 Å². The van der Waals surface area contributed by atoms with Gasteiger partial charge in [-0.1, -0.05) is 0 Å². The van der Waals surface area contributed by atoms with Crippen molar-refractivity contribution in [2.24, 2.45) is 0 Å². The zero-order valence-corrected chi connectivity index (χ0v) is 11.3. The first kappa shape index (κ1) is 15.7. The van der Waals surface area contributed by atoms with Crippen LogP contribution in [-0.4, -0.2) is 34.1 Å². The molecule has 1 unspecified atom stereocenters. The van der Waals surface area contributed by atoms with Gasteiger partial charge >= 0.3 is 11.7 Å². The summed E-state index contributed by atoms with van der Waals surface area (Å²) in [5, 5.41) is 22.4. The summed E-state index contributed by atoms with van der Waals surface area (Å²) >= 11 is 0. The lowest BCUT2D eigenvalue weighted by atomic mass is 10.1. The predicted molar refractivity (Wildman–Crippen MR) is 72.0 cm³/mol. The normalized spacial score (nSPS) is 11.7. The van der Waals surface area contributed by atoms with Gasteiger partial charge in [0.2, 0.25) is 11.7 Å². The van der Waals surface area contributed by atoms with Crippen molar-refractivity contribution in [1.29, 1.82) is 0 Å². The topological polar surface area (TPSA) is 115 Å². The Morgan fingerprint density at radius 3 is 2.85 bits per heavy atom. The molecule has 8 heteroatoms. The van der Waals surface area contributed by atoms with Crippen molar-refractivity contribution in [3.05, 3.63) is 22.2 Å². The molecule has 0 spiro atoms. The van der Waals surface area contributed by atoms with E-state index in [1.807, 2.05) is 6.92 Å². The molecule has 0 aliphatic heterocycles. The minimum absolute atomic E-state index is 0.0691. The van der Waals surface area contributed by atoms with E-state index in [1.54, 1.807) is 0 Å². The van der Waals surface area contributed by atoms with Crippen LogP contribution in [0, 0.1) is 10.1 Å². The Morgan fingerprint density at radius 2 is 2.30 bits per heavy atom. The van der Waals surface area contributed by atoms with Crippen LogP contribution < -0.4 is 10.1 Å². The van der Waals surface area contributed by atoms with Gasteiger partial charge in [0.15, 0.2) is 0 Å². The highest BCUT2D eigenvalue weighted by Gasteiger charge is 2.18. The minimum Gasteiger partial charge on any atom is -0.481 e. The van der Waals surface area contributed by atoms with Crippen molar-refractivity contribution in [1.82, 2.24) is 4.98 Å². The van der Waals surface area contributed by atoms with Crippen LogP contribution in [0.5, 0.6) is 5.88 Å². The van der Waals surface area contributed by atoms with E-state index in [0.29, 0.717) is 12.8 Å². The Hall–Kier alpha value is -2.38. The molecule has 1 heterocycles. The summed E-state index contributed by atoms with van der Waals surface area (Å²) in [6, 6.07) is 2.60. The zero-order valence-electron chi connectivity index (χ0n) is 11.3. The lowest BCUT2D eigenvalue weighted by Crippen LogP contribution is -2.17. The number of hydrogen-bond donors (Lipinski definition) is 2. The Bertz CT molecular complexity index is 492. The van der Waals surface area contributed by atoms with Crippen LogP contribution in [0.15, 0.2) is 12.1 Å². The molecule has 2 N–H and O–H groups in total. The molecule has 0 aliphatic carbocycles. The predicted octanol–water partition coefficient (Wildman–Crippen LogP) is 2.05. The van der Waals surface area contributed by atoms with Gasteiger partial charge in [-0.2, -0.15) is 4.98 Å². The molecule has 0 amide bonds. The Labute approximate surface area is 115 Å². The van der Waals surface area contributed by atoms with Crippen molar-refractivity contribution in [2.45, 2.75) is 32.2 Å². The number of nitrogens with one attached hydrogen (secondary N) is 1. The molecule has 1 aromatic heterocycles. The highest BCUT2D eigenvalue weighted by molar-refractivity contribution is 5.66. The van der Waals surface area contributed by atoms with Crippen LogP contribution in [0.4, 0.5) is 11.5 Å². The summed E-state index contributed by atoms with van der Waals surface area (Å²) < 4.78 is 4.93. The number of carboxylic acid groups (broad SMARTS) is 1. The van der Waals surface area contributed by atoms with E-state index in [1.165, 1.54) is 19.2 Å². The van der Waals surface area contributed by atoms with Crippen molar-refractivity contribution in [2.75, 3.05) is 12.4 Å². The number of rotatable bonds is 8. The molecule has 1 atom stereocenters. The standard InChI is InChI=1S/C12H17N3O5/c1-8(4-3-5-11(16)17)13-12-9(15(18)19)6-7-10(14-12)20-2/h6-8H,3-5H2,1-2H3,(H,13,14)(H,16,17). The van der Waals surface area contributed by atoms with E-state index < -0.39 is 10.9 Å². The van der Waals surface area contributed by atoms with Gasteiger partial charge in [0.1, 0.15) is 0 Å². The van der Waals surface area contributed by atoms with Crippen molar-refractivity contribution in [3.63, 3.8) is 0 Å². The molecule has 0 aliphatic rings. The van der Waals surface area contributed by atoms with Crippen LogP contribution in [0.2, 0.25) is 0 Å². The van der Waals surface area contributed by atoms with Gasteiger partial charge in [-0.05, 0) is 19.8 Å². The van der Waals surface area contributed by atoms with Gasteiger partial charge in [0.05, 0.1) is 12.0 Å². The van der Waals surface area contributed by atoms with Gasteiger partial charge in [0, 0.05) is 24.6 Å². The fourth-order valence-corrected chi connectivity index (χ4v) is 1.67. The first-order chi connectivity index (χ1) is 9.43. The molecule has 0 saturated carbocycles. The molecule has 1 aromatic rings. The second-order valence-electron chi connectivity index (χ2n) is 4.31. The third-order valence-electron chi connectivity index (χ3n) is 2.67. The van der Waals surface area contributed by atoms with E-state index in [4.69, 9.17) is 9.84 Å². The number of aliphatic carboxylic acids is 1. The average Bonchev–Trinajstić information content (AvgIpc) is 2.37. The first-order valence-corrected chi connectivity index (χ1v) is 6.11. The highest BCUT2D eigenvalue weighted by Crippen LogP contribution is 2.25. The van der Waals surface area contributed by atoms with E-state index in [0.717, 1.165) is 0 Å². The number of pyridine rings is 1. The highest BCUT2D eigenvalue weighted by atomic mass is 16.6. The van der Waals surface area contributed by atoms with Crippen LogP contribution in [0.3, 0.4) is 0 Å². The van der Waals surface area contributed by atoms with Crippen molar-refractivity contribution >= 4 is 17.5 Å². The van der Waals surface area contributed by atoms with Gasteiger partial charge in [-0.25, -0.2) is 0 Å². The molecule has 0 radical (unpaired) electrons. The Morgan fingerprint density at radius 1 is 1.60 bits per heavy atom. The lowest BCUT2D eigenvalue weighted by molar-refractivity contribution is -0.384. The van der Waals surface area contributed by atoms with Gasteiger partial charge < -0.3 is 15.2 Å². The molecule has 0 aromatic carbocycles. The average molecular weight is 283 g/mol. The third-order valence-corrected chi connectivity index (χ3v) is 2.67. The molecular formula is C12H17N3O5. The second kappa shape index (κ2) is 7.27. The maximum atomic E-state index is 10.9. The van der Waals surface area contributed by atoms with E-state index in [-0.39, 0.29) is 29.8 Å². The first-order valence-electron chi connectivity index (χ1n) is 6.11. The summed E-state index contributed by atoms with van der Waals surface area (Å²) in [6.07, 6.45) is 1.13. The molecule has 110 valence electrons. The van der Waals surface area contributed by atoms with Gasteiger partial charge in [-0.3, -0.25) is 14.9 Å². The number of carbonyl (C=O) groups is 1. The molecule has 0 saturated heterocycles. The number of aromatic nitrogens is 1. The fraction of sp³-hybridized carbons (Fsp3) is 0.500. The van der Waals surface area contributed by atoms with Gasteiger partial charge in [-0.15, -0.1) is 0 Å². The Kier molecular flexibility index (Phi) is 5.70. The summed E-state index contributed by atoms with van der Waals surface area (Å²) in [5.41, 5.74) is -0.143. The van der Waals surface area contributed by atoms with E-state index in [9.17, 15) is 14.9 Å². The van der Waals surface area contributed by atoms with Crippen LogP contribution in [0.1, 0.15) is 26.2 Å². The third kappa shape index (κ3) is 4.71. The van der Waals surface area contributed by atoms with Crippen LogP contribution >= 0.6 is 0 Å².